The number of carbonyl (C=O) groups excluding carboxylic acids is 2. The molecule has 0 fully saturated rings. The lowest BCUT2D eigenvalue weighted by Crippen LogP contribution is -2.32. The van der Waals surface area contributed by atoms with Crippen molar-refractivity contribution in [2.24, 2.45) is 5.10 Å². The van der Waals surface area contributed by atoms with Crippen LogP contribution in [0.3, 0.4) is 0 Å². The number of nitrogens with one attached hydrogen (secondary N) is 2. The Morgan fingerprint density at radius 3 is 2.47 bits per heavy atom. The lowest BCUT2D eigenvalue weighted by molar-refractivity contribution is 0.0956. The molecule has 8 nitrogen and oxygen atoms in total. The highest BCUT2D eigenvalue weighted by molar-refractivity contribution is 14.1. The van der Waals surface area contributed by atoms with Crippen molar-refractivity contribution in [3.05, 3.63) is 92.6 Å². The molecule has 3 rings (SSSR count). The van der Waals surface area contributed by atoms with Gasteiger partial charge in [0.05, 0.1) is 17.5 Å². The fraction of sp³-hybridized carbons (Fsp3) is 0.276. The predicted octanol–water partition coefficient (Wildman–Crippen LogP) is 4.79. The average molecular weight is 628 g/mol. The van der Waals surface area contributed by atoms with Crippen LogP contribution in [-0.4, -0.2) is 66.2 Å². The second kappa shape index (κ2) is 14.6. The summed E-state index contributed by atoms with van der Waals surface area (Å²) in [5.41, 5.74) is 5.38. The van der Waals surface area contributed by atoms with Gasteiger partial charge >= 0.3 is 0 Å². The summed E-state index contributed by atoms with van der Waals surface area (Å²) in [7, 11) is 2.08. The monoisotopic (exact) mass is 627 g/mol. The number of anilines is 1. The molecular weight excluding hydrogens is 593 g/mol. The van der Waals surface area contributed by atoms with Gasteiger partial charge in [-0.1, -0.05) is 38.1 Å². The maximum absolute atomic E-state index is 13.1. The lowest BCUT2D eigenvalue weighted by atomic mass is 10.1. The molecule has 3 N–H and O–H groups in total. The third-order valence-electron chi connectivity index (χ3n) is 6.06. The SMILES string of the molecule is CCN(CC)CCN(C)Cc1cccc(C(=O)Nc2ccc(I)cc2C(=O)N/N=C/c2cccc(O)c2)c1. The summed E-state index contributed by atoms with van der Waals surface area (Å²) in [6, 6.07) is 19.3. The van der Waals surface area contributed by atoms with E-state index in [0.29, 0.717) is 22.4 Å². The highest BCUT2D eigenvalue weighted by Gasteiger charge is 2.15. The van der Waals surface area contributed by atoms with E-state index in [1.165, 1.54) is 12.3 Å². The zero-order valence-electron chi connectivity index (χ0n) is 21.9. The molecule has 0 aliphatic rings. The Labute approximate surface area is 237 Å². The quantitative estimate of drug-likeness (QED) is 0.153. The van der Waals surface area contributed by atoms with E-state index in [9.17, 15) is 14.7 Å². The summed E-state index contributed by atoms with van der Waals surface area (Å²) in [5.74, 6) is -0.645. The smallest absolute Gasteiger partial charge is 0.273 e. The molecule has 0 atom stereocenters. The van der Waals surface area contributed by atoms with Gasteiger partial charge < -0.3 is 20.2 Å². The zero-order valence-corrected chi connectivity index (χ0v) is 24.1. The number of nitrogens with zero attached hydrogens (tertiary/aromatic N) is 3. The van der Waals surface area contributed by atoms with Crippen molar-refractivity contribution in [2.45, 2.75) is 20.4 Å². The zero-order chi connectivity index (χ0) is 27.5. The second-order valence-electron chi connectivity index (χ2n) is 8.90. The number of amides is 2. The molecule has 0 saturated heterocycles. The first-order chi connectivity index (χ1) is 18.3. The molecule has 38 heavy (non-hydrogen) atoms. The largest absolute Gasteiger partial charge is 0.508 e. The first kappa shape index (κ1) is 29.3. The number of hydrogen-bond acceptors (Lipinski definition) is 6. The van der Waals surface area contributed by atoms with Crippen LogP contribution in [0.4, 0.5) is 5.69 Å². The van der Waals surface area contributed by atoms with E-state index in [0.717, 1.165) is 41.9 Å². The molecule has 3 aromatic carbocycles. The molecule has 0 bridgehead atoms. The molecule has 2 amide bonds. The molecule has 0 radical (unpaired) electrons. The van der Waals surface area contributed by atoms with E-state index < -0.39 is 5.91 Å². The Morgan fingerprint density at radius 2 is 1.74 bits per heavy atom. The molecule has 0 aliphatic heterocycles. The number of hydrazone groups is 1. The number of benzene rings is 3. The van der Waals surface area contributed by atoms with Gasteiger partial charge in [0.15, 0.2) is 0 Å². The first-order valence-corrected chi connectivity index (χ1v) is 13.6. The highest BCUT2D eigenvalue weighted by Crippen LogP contribution is 2.20. The van der Waals surface area contributed by atoms with Gasteiger partial charge in [-0.05, 0) is 96.3 Å². The molecule has 200 valence electrons. The lowest BCUT2D eigenvalue weighted by Gasteiger charge is -2.23. The number of phenolic OH excluding ortho intramolecular Hbond substituents is 1. The van der Waals surface area contributed by atoms with Crippen LogP contribution in [-0.2, 0) is 6.54 Å². The average Bonchev–Trinajstić information content (AvgIpc) is 2.90. The Balaban J connectivity index is 1.67. The molecule has 0 aliphatic carbocycles. The molecule has 3 aromatic rings. The van der Waals surface area contributed by atoms with Crippen LogP contribution >= 0.6 is 22.6 Å². The number of rotatable bonds is 12. The molecule has 9 heteroatoms. The van der Waals surface area contributed by atoms with E-state index in [2.05, 4.69) is 69.1 Å². The Hall–Kier alpha value is -3.28. The molecular formula is C29H34IN5O3. The van der Waals surface area contributed by atoms with Crippen molar-refractivity contribution in [3.8, 4) is 5.75 Å². The minimum atomic E-state index is -0.459. The summed E-state index contributed by atoms with van der Waals surface area (Å²) in [6.07, 6.45) is 1.44. The van der Waals surface area contributed by atoms with Gasteiger partial charge in [-0.2, -0.15) is 5.10 Å². The number of phenols is 1. The fourth-order valence-corrected chi connectivity index (χ4v) is 4.38. The van der Waals surface area contributed by atoms with Crippen molar-refractivity contribution in [3.63, 3.8) is 0 Å². The van der Waals surface area contributed by atoms with E-state index >= 15 is 0 Å². The number of likely N-dealkylation sites (N-methyl/N-ethyl adjacent to an activating group) is 2. The van der Waals surface area contributed by atoms with Gasteiger partial charge in [0, 0.05) is 28.8 Å². The van der Waals surface area contributed by atoms with Crippen LogP contribution in [0.1, 0.15) is 45.7 Å². The number of carbonyl (C=O) groups is 2. The molecule has 0 heterocycles. The number of aromatic hydroxyl groups is 1. The molecule has 0 spiro atoms. The Morgan fingerprint density at radius 1 is 0.974 bits per heavy atom. The van der Waals surface area contributed by atoms with Crippen LogP contribution in [0.25, 0.3) is 0 Å². The van der Waals surface area contributed by atoms with Gasteiger partial charge in [0.2, 0.25) is 0 Å². The summed E-state index contributed by atoms with van der Waals surface area (Å²) in [4.78, 5) is 30.6. The standard InChI is InChI=1S/C29H34IN5O3/c1-4-35(5-2)15-14-34(3)20-22-9-6-10-23(16-22)28(37)32-27-13-12-24(30)18-26(27)29(38)33-31-19-21-8-7-11-25(36)17-21/h6-13,16-19,36H,4-5,14-15,20H2,1-3H3,(H,32,37)(H,33,38)/b31-19+. The Kier molecular flexibility index (Phi) is 11.3. The summed E-state index contributed by atoms with van der Waals surface area (Å²) >= 11 is 2.12. The van der Waals surface area contributed by atoms with Crippen LogP contribution < -0.4 is 10.7 Å². The molecule has 0 saturated carbocycles. The minimum absolute atomic E-state index is 0.109. The van der Waals surface area contributed by atoms with E-state index in [4.69, 9.17) is 0 Å². The number of halogens is 1. The summed E-state index contributed by atoms with van der Waals surface area (Å²) < 4.78 is 0.845. The van der Waals surface area contributed by atoms with E-state index in [1.54, 1.807) is 36.4 Å². The fourth-order valence-electron chi connectivity index (χ4n) is 3.89. The van der Waals surface area contributed by atoms with Crippen LogP contribution in [0.15, 0.2) is 71.8 Å². The minimum Gasteiger partial charge on any atom is -0.508 e. The van der Waals surface area contributed by atoms with Gasteiger partial charge in [0.25, 0.3) is 11.8 Å². The third-order valence-corrected chi connectivity index (χ3v) is 6.73. The van der Waals surface area contributed by atoms with Gasteiger partial charge in [-0.3, -0.25) is 9.59 Å². The van der Waals surface area contributed by atoms with E-state index in [1.807, 2.05) is 24.3 Å². The van der Waals surface area contributed by atoms with Gasteiger partial charge in [-0.15, -0.1) is 0 Å². The van der Waals surface area contributed by atoms with Gasteiger partial charge in [-0.25, -0.2) is 5.43 Å². The third kappa shape index (κ3) is 8.93. The topological polar surface area (TPSA) is 97.3 Å². The Bertz CT molecular complexity index is 1280. The summed E-state index contributed by atoms with van der Waals surface area (Å²) in [5, 5.41) is 16.4. The van der Waals surface area contributed by atoms with Crippen LogP contribution in [0.2, 0.25) is 0 Å². The number of hydrogen-bond donors (Lipinski definition) is 3. The van der Waals surface area contributed by atoms with Crippen molar-refractivity contribution in [1.82, 2.24) is 15.2 Å². The van der Waals surface area contributed by atoms with Crippen LogP contribution in [0.5, 0.6) is 5.75 Å². The second-order valence-corrected chi connectivity index (χ2v) is 10.1. The maximum atomic E-state index is 13.1. The summed E-state index contributed by atoms with van der Waals surface area (Å²) in [6.45, 7) is 9.06. The van der Waals surface area contributed by atoms with Crippen molar-refractivity contribution in [1.29, 1.82) is 0 Å². The first-order valence-electron chi connectivity index (χ1n) is 12.5. The molecule has 0 aromatic heterocycles. The van der Waals surface area contributed by atoms with Crippen molar-refractivity contribution < 1.29 is 14.7 Å². The predicted molar refractivity (Wildman–Crippen MR) is 161 cm³/mol. The van der Waals surface area contributed by atoms with Crippen molar-refractivity contribution in [2.75, 3.05) is 38.5 Å². The van der Waals surface area contributed by atoms with E-state index in [-0.39, 0.29) is 11.7 Å². The normalized spacial score (nSPS) is 11.3. The van der Waals surface area contributed by atoms with Gasteiger partial charge in [0.1, 0.15) is 5.75 Å². The maximum Gasteiger partial charge on any atom is 0.273 e. The van der Waals surface area contributed by atoms with Crippen molar-refractivity contribution >= 4 is 46.3 Å². The highest BCUT2D eigenvalue weighted by atomic mass is 127. The van der Waals surface area contributed by atoms with Crippen LogP contribution in [0, 0.1) is 3.57 Å². The molecule has 0 unspecified atom stereocenters.